The average molecular weight is 373 g/mol. The predicted molar refractivity (Wildman–Crippen MR) is 99.1 cm³/mol. The lowest BCUT2D eigenvalue weighted by Gasteiger charge is -2.34. The predicted octanol–water partition coefficient (Wildman–Crippen LogP) is 2.26. The van der Waals surface area contributed by atoms with Crippen LogP contribution < -0.4 is 16.6 Å². The van der Waals surface area contributed by atoms with Crippen LogP contribution in [-0.2, 0) is 4.79 Å². The fourth-order valence-electron chi connectivity index (χ4n) is 3.55. The summed E-state index contributed by atoms with van der Waals surface area (Å²) >= 11 is 6.25. The van der Waals surface area contributed by atoms with Gasteiger partial charge in [0.2, 0.25) is 5.91 Å². The number of rotatable bonds is 3. The molecular formula is C17H26Cl2N4O. The van der Waals surface area contributed by atoms with Crippen molar-refractivity contribution >= 4 is 29.9 Å². The van der Waals surface area contributed by atoms with Crippen LogP contribution in [0.1, 0.15) is 37.8 Å². The zero-order valence-electron chi connectivity index (χ0n) is 13.9. The molecule has 1 aromatic carbocycles. The fraction of sp³-hybridized carbons (Fsp3) is 0.588. The van der Waals surface area contributed by atoms with Crippen LogP contribution in [-0.4, -0.2) is 36.0 Å². The van der Waals surface area contributed by atoms with Crippen molar-refractivity contribution in [3.63, 3.8) is 0 Å². The number of carbonyl (C=O) groups is 1. The lowest BCUT2D eigenvalue weighted by molar-refractivity contribution is -0.134. The Hall–Kier alpha value is -0.850. The lowest BCUT2D eigenvalue weighted by atomic mass is 9.90. The van der Waals surface area contributed by atoms with Crippen molar-refractivity contribution in [2.75, 3.05) is 13.1 Å². The third-order valence-corrected chi connectivity index (χ3v) is 5.42. The maximum absolute atomic E-state index is 12.7. The van der Waals surface area contributed by atoms with Crippen LogP contribution in [0.4, 0.5) is 0 Å². The van der Waals surface area contributed by atoms with E-state index in [0.717, 1.165) is 42.9 Å². The molecule has 0 aromatic heterocycles. The summed E-state index contributed by atoms with van der Waals surface area (Å²) < 4.78 is 0. The highest BCUT2D eigenvalue weighted by atomic mass is 35.5. The molecule has 2 fully saturated rings. The summed E-state index contributed by atoms with van der Waals surface area (Å²) in [7, 11) is 0. The summed E-state index contributed by atoms with van der Waals surface area (Å²) in [6.45, 7) is 3.67. The molecule has 4 N–H and O–H groups in total. The van der Waals surface area contributed by atoms with E-state index < -0.39 is 0 Å². The second kappa shape index (κ2) is 8.50. The Balaban J connectivity index is 0.00000208. The number of hydrazine groups is 1. The van der Waals surface area contributed by atoms with Crippen molar-refractivity contribution in [1.29, 1.82) is 0 Å². The SMILES string of the molecule is CC(N)C1CCN(C(=O)C2CC(c3ccccc3Cl)NN2)CC1.Cl. The van der Waals surface area contributed by atoms with Gasteiger partial charge in [-0.15, -0.1) is 12.4 Å². The summed E-state index contributed by atoms with van der Waals surface area (Å²) in [5.74, 6) is 0.708. The van der Waals surface area contributed by atoms with Crippen molar-refractivity contribution in [3.05, 3.63) is 34.9 Å². The molecule has 134 valence electrons. The molecule has 1 aromatic rings. The average Bonchev–Trinajstić information content (AvgIpc) is 3.04. The molecule has 0 saturated carbocycles. The normalized spacial score (nSPS) is 26.0. The van der Waals surface area contributed by atoms with Crippen molar-refractivity contribution < 1.29 is 4.79 Å². The van der Waals surface area contributed by atoms with Crippen LogP contribution in [0.3, 0.4) is 0 Å². The zero-order chi connectivity index (χ0) is 16.4. The number of likely N-dealkylation sites (tertiary alicyclic amines) is 1. The molecule has 2 heterocycles. The molecule has 3 rings (SSSR count). The molecule has 3 atom stereocenters. The summed E-state index contributed by atoms with van der Waals surface area (Å²) in [5.41, 5.74) is 13.4. The van der Waals surface area contributed by atoms with Gasteiger partial charge < -0.3 is 10.6 Å². The highest BCUT2D eigenvalue weighted by Crippen LogP contribution is 2.29. The Morgan fingerprint density at radius 3 is 2.58 bits per heavy atom. The van der Waals surface area contributed by atoms with Crippen LogP contribution in [0.5, 0.6) is 0 Å². The van der Waals surface area contributed by atoms with E-state index in [1.54, 1.807) is 0 Å². The van der Waals surface area contributed by atoms with E-state index in [1.807, 2.05) is 29.2 Å². The van der Waals surface area contributed by atoms with E-state index in [1.165, 1.54) is 0 Å². The molecule has 2 saturated heterocycles. The van der Waals surface area contributed by atoms with Gasteiger partial charge in [-0.1, -0.05) is 29.8 Å². The maximum atomic E-state index is 12.7. The summed E-state index contributed by atoms with van der Waals surface area (Å²) in [4.78, 5) is 14.7. The number of nitrogens with two attached hydrogens (primary N) is 1. The quantitative estimate of drug-likeness (QED) is 0.760. The summed E-state index contributed by atoms with van der Waals surface area (Å²) in [6, 6.07) is 7.86. The second-order valence-electron chi connectivity index (χ2n) is 6.67. The summed E-state index contributed by atoms with van der Waals surface area (Å²) in [5, 5.41) is 0.734. The van der Waals surface area contributed by atoms with Gasteiger partial charge in [0.05, 0.1) is 0 Å². The monoisotopic (exact) mass is 372 g/mol. The molecule has 0 bridgehead atoms. The molecule has 7 heteroatoms. The minimum absolute atomic E-state index is 0. The van der Waals surface area contributed by atoms with E-state index in [9.17, 15) is 4.79 Å². The van der Waals surface area contributed by atoms with Gasteiger partial charge in [0.25, 0.3) is 0 Å². The number of carbonyl (C=O) groups excluding carboxylic acids is 1. The third kappa shape index (κ3) is 4.21. The number of halogens is 2. The second-order valence-corrected chi connectivity index (χ2v) is 7.08. The molecule has 24 heavy (non-hydrogen) atoms. The molecule has 0 aliphatic carbocycles. The molecule has 3 unspecified atom stereocenters. The van der Waals surface area contributed by atoms with Crippen molar-refractivity contribution in [1.82, 2.24) is 15.8 Å². The fourth-order valence-corrected chi connectivity index (χ4v) is 3.81. The smallest absolute Gasteiger partial charge is 0.241 e. The van der Waals surface area contributed by atoms with Gasteiger partial charge in [-0.2, -0.15) is 0 Å². The minimum atomic E-state index is -0.192. The highest BCUT2D eigenvalue weighted by Gasteiger charge is 2.35. The van der Waals surface area contributed by atoms with Crippen LogP contribution in [0.2, 0.25) is 5.02 Å². The van der Waals surface area contributed by atoms with E-state index in [-0.39, 0.29) is 36.4 Å². The first-order valence-corrected chi connectivity index (χ1v) is 8.74. The van der Waals surface area contributed by atoms with Crippen LogP contribution >= 0.6 is 24.0 Å². The van der Waals surface area contributed by atoms with Crippen LogP contribution in [0.15, 0.2) is 24.3 Å². The molecule has 2 aliphatic rings. The van der Waals surface area contributed by atoms with Crippen molar-refractivity contribution in [3.8, 4) is 0 Å². The van der Waals surface area contributed by atoms with Gasteiger partial charge in [-0.3, -0.25) is 4.79 Å². The van der Waals surface area contributed by atoms with E-state index in [2.05, 4.69) is 17.8 Å². The lowest BCUT2D eigenvalue weighted by Crippen LogP contribution is -2.49. The van der Waals surface area contributed by atoms with Gasteiger partial charge in [0, 0.05) is 30.2 Å². The van der Waals surface area contributed by atoms with E-state index in [4.69, 9.17) is 17.3 Å². The van der Waals surface area contributed by atoms with Gasteiger partial charge in [0.15, 0.2) is 0 Å². The molecule has 0 radical (unpaired) electrons. The standard InChI is InChI=1S/C17H25ClN4O.ClH/c1-11(19)12-6-8-22(9-7-12)17(23)16-10-15(20-21-16)13-4-2-3-5-14(13)18;/h2-5,11-12,15-16,20-21H,6-10,19H2,1H3;1H. The highest BCUT2D eigenvalue weighted by molar-refractivity contribution is 6.31. The molecule has 0 spiro atoms. The van der Waals surface area contributed by atoms with E-state index >= 15 is 0 Å². The zero-order valence-corrected chi connectivity index (χ0v) is 15.4. The number of amides is 1. The Morgan fingerprint density at radius 2 is 1.96 bits per heavy atom. The molecule has 5 nitrogen and oxygen atoms in total. The number of hydrogen-bond donors (Lipinski definition) is 3. The van der Waals surface area contributed by atoms with Gasteiger partial charge >= 0.3 is 0 Å². The molecular weight excluding hydrogens is 347 g/mol. The Kier molecular flexibility index (Phi) is 6.89. The third-order valence-electron chi connectivity index (χ3n) is 5.08. The number of nitrogens with one attached hydrogen (secondary N) is 2. The first-order chi connectivity index (χ1) is 11.1. The number of piperidine rings is 1. The molecule has 1 amide bonds. The summed E-state index contributed by atoms with van der Waals surface area (Å²) in [6.07, 6.45) is 2.71. The van der Waals surface area contributed by atoms with Crippen molar-refractivity contribution in [2.45, 2.75) is 44.3 Å². The largest absolute Gasteiger partial charge is 0.341 e. The minimum Gasteiger partial charge on any atom is -0.341 e. The van der Waals surface area contributed by atoms with Gasteiger partial charge in [-0.05, 0) is 43.7 Å². The van der Waals surface area contributed by atoms with E-state index in [0.29, 0.717) is 5.92 Å². The number of nitrogens with zero attached hydrogens (tertiary/aromatic N) is 1. The van der Waals surface area contributed by atoms with Crippen LogP contribution in [0.25, 0.3) is 0 Å². The maximum Gasteiger partial charge on any atom is 0.241 e. The Morgan fingerprint density at radius 1 is 1.29 bits per heavy atom. The number of hydrogen-bond acceptors (Lipinski definition) is 4. The first-order valence-electron chi connectivity index (χ1n) is 8.36. The molecule has 2 aliphatic heterocycles. The van der Waals surface area contributed by atoms with Gasteiger partial charge in [0.1, 0.15) is 6.04 Å². The van der Waals surface area contributed by atoms with Gasteiger partial charge in [-0.25, -0.2) is 10.9 Å². The Bertz CT molecular complexity index is 561. The Labute approximate surface area is 154 Å². The van der Waals surface area contributed by atoms with Crippen LogP contribution in [0, 0.1) is 5.92 Å². The number of benzene rings is 1. The van der Waals surface area contributed by atoms with Crippen molar-refractivity contribution in [2.24, 2.45) is 11.7 Å². The topological polar surface area (TPSA) is 70.4 Å². The first kappa shape index (κ1) is 19.5.